The minimum atomic E-state index is -1.16. The first-order valence-corrected chi connectivity index (χ1v) is 10.2. The molecule has 3 aromatic rings. The molecule has 30 heavy (non-hydrogen) atoms. The van der Waals surface area contributed by atoms with Crippen molar-refractivity contribution in [3.8, 4) is 0 Å². The van der Waals surface area contributed by atoms with Crippen molar-refractivity contribution in [2.45, 2.75) is 31.7 Å². The number of urea groups is 1. The Labute approximate surface area is 174 Å². The second-order valence-corrected chi connectivity index (χ2v) is 8.23. The number of carbonyl (C=O) groups excluding carboxylic acids is 3. The van der Waals surface area contributed by atoms with Gasteiger partial charge in [-0.3, -0.25) is 14.5 Å². The smallest absolute Gasteiger partial charge is 0.319 e. The number of amides is 3. The van der Waals surface area contributed by atoms with Crippen molar-refractivity contribution in [3.63, 3.8) is 0 Å². The average molecular weight is 398 g/mol. The first kappa shape index (κ1) is 18.6. The maximum atomic E-state index is 13.3. The van der Waals surface area contributed by atoms with Gasteiger partial charge in [-0.05, 0) is 53.6 Å². The lowest BCUT2D eigenvalue weighted by molar-refractivity contribution is -0.130. The lowest BCUT2D eigenvalue weighted by Crippen LogP contribution is -2.41. The molecular weight excluding hydrogens is 376 g/mol. The van der Waals surface area contributed by atoms with Gasteiger partial charge < -0.3 is 5.32 Å². The molecule has 1 aliphatic carbocycles. The molecule has 5 heteroatoms. The summed E-state index contributed by atoms with van der Waals surface area (Å²) in [5, 5.41) is 4.58. The Balaban J connectivity index is 1.44. The molecule has 0 radical (unpaired) electrons. The van der Waals surface area contributed by atoms with Crippen LogP contribution in [-0.4, -0.2) is 29.2 Å². The van der Waals surface area contributed by atoms with E-state index in [1.165, 1.54) is 11.1 Å². The molecular formula is C25H22N2O3. The molecule has 1 heterocycles. The highest BCUT2D eigenvalue weighted by atomic mass is 16.2. The standard InChI is InChI=1S/C25H22N2O3/c1-25(19-13-12-16-7-4-9-18(16)14-19)23(29)27(24(30)26-25)15-22(28)21-11-5-8-17-6-2-3-10-20(17)21/h2-3,5-6,8,10-14H,4,7,9,15H2,1H3,(H,26,30)/t25-/m1/s1. The number of hydrogen-bond donors (Lipinski definition) is 1. The van der Waals surface area contributed by atoms with Gasteiger partial charge in [0.2, 0.25) is 0 Å². The number of fused-ring (bicyclic) bond motifs is 2. The number of carbonyl (C=O) groups is 3. The second-order valence-electron chi connectivity index (χ2n) is 8.23. The molecule has 1 N–H and O–H groups in total. The maximum absolute atomic E-state index is 13.3. The summed E-state index contributed by atoms with van der Waals surface area (Å²) in [6.45, 7) is 1.44. The molecule has 1 fully saturated rings. The van der Waals surface area contributed by atoms with Crippen molar-refractivity contribution < 1.29 is 14.4 Å². The molecule has 2 aliphatic rings. The zero-order valence-electron chi connectivity index (χ0n) is 16.8. The van der Waals surface area contributed by atoms with Crippen LogP contribution in [0.1, 0.15) is 40.4 Å². The van der Waals surface area contributed by atoms with Crippen LogP contribution in [0.2, 0.25) is 0 Å². The molecule has 0 saturated carbocycles. The van der Waals surface area contributed by atoms with Crippen LogP contribution in [0.3, 0.4) is 0 Å². The van der Waals surface area contributed by atoms with Crippen molar-refractivity contribution in [1.29, 1.82) is 0 Å². The topological polar surface area (TPSA) is 66.5 Å². The summed E-state index contributed by atoms with van der Waals surface area (Å²) in [7, 11) is 0. The van der Waals surface area contributed by atoms with Crippen LogP contribution < -0.4 is 5.32 Å². The van der Waals surface area contributed by atoms with Crippen LogP contribution in [0, 0.1) is 0 Å². The van der Waals surface area contributed by atoms with E-state index in [1.807, 2.05) is 54.6 Å². The van der Waals surface area contributed by atoms with Gasteiger partial charge in [0.05, 0.1) is 6.54 Å². The Bertz CT molecular complexity index is 1210. The van der Waals surface area contributed by atoms with E-state index in [2.05, 4.69) is 5.32 Å². The number of rotatable bonds is 4. The summed E-state index contributed by atoms with van der Waals surface area (Å²) in [6.07, 6.45) is 3.16. The third kappa shape index (κ3) is 2.81. The van der Waals surface area contributed by atoms with Crippen molar-refractivity contribution >= 4 is 28.5 Å². The highest BCUT2D eigenvalue weighted by molar-refractivity contribution is 6.14. The summed E-state index contributed by atoms with van der Waals surface area (Å²) in [4.78, 5) is 40.0. The van der Waals surface area contributed by atoms with Crippen LogP contribution in [0.15, 0.2) is 60.7 Å². The Morgan fingerprint density at radius 3 is 2.63 bits per heavy atom. The van der Waals surface area contributed by atoms with Crippen LogP contribution in [-0.2, 0) is 23.2 Å². The van der Waals surface area contributed by atoms with Crippen molar-refractivity contribution in [1.82, 2.24) is 10.2 Å². The minimum absolute atomic E-state index is 0.256. The molecule has 1 atom stereocenters. The summed E-state index contributed by atoms with van der Waals surface area (Å²) in [5.74, 6) is -0.646. The van der Waals surface area contributed by atoms with Crippen LogP contribution in [0.25, 0.3) is 10.8 Å². The Kier molecular flexibility index (Phi) is 4.21. The van der Waals surface area contributed by atoms with Gasteiger partial charge >= 0.3 is 6.03 Å². The highest BCUT2D eigenvalue weighted by Gasteiger charge is 2.49. The number of Topliss-reactive ketones (excluding diaryl/α,β-unsaturated/α-hetero) is 1. The van der Waals surface area contributed by atoms with Gasteiger partial charge in [-0.2, -0.15) is 0 Å². The van der Waals surface area contributed by atoms with Crippen LogP contribution in [0.5, 0.6) is 0 Å². The Hall–Kier alpha value is -3.47. The fourth-order valence-corrected chi connectivity index (χ4v) is 4.62. The van der Waals surface area contributed by atoms with E-state index in [0.717, 1.165) is 40.5 Å². The summed E-state index contributed by atoms with van der Waals surface area (Å²) >= 11 is 0. The summed E-state index contributed by atoms with van der Waals surface area (Å²) < 4.78 is 0. The van der Waals surface area contributed by atoms with E-state index in [1.54, 1.807) is 13.0 Å². The summed E-state index contributed by atoms with van der Waals surface area (Å²) in [5.41, 5.74) is 2.66. The van der Waals surface area contributed by atoms with E-state index >= 15 is 0 Å². The SMILES string of the molecule is C[C@]1(c2ccc3c(c2)CCC3)NC(=O)N(CC(=O)c2cccc3ccccc23)C1=O. The normalized spacial score (nSPS) is 20.5. The van der Waals surface area contributed by atoms with Gasteiger partial charge in [-0.25, -0.2) is 4.79 Å². The molecule has 150 valence electrons. The molecule has 0 spiro atoms. The molecule has 3 amide bonds. The molecule has 0 bridgehead atoms. The van der Waals surface area contributed by atoms with Crippen LogP contribution in [0.4, 0.5) is 4.79 Å². The quantitative estimate of drug-likeness (QED) is 0.534. The Morgan fingerprint density at radius 1 is 1.00 bits per heavy atom. The summed E-state index contributed by atoms with van der Waals surface area (Å²) in [6, 6.07) is 18.5. The predicted molar refractivity (Wildman–Crippen MR) is 114 cm³/mol. The molecule has 1 aliphatic heterocycles. The van der Waals surface area contributed by atoms with Gasteiger partial charge in [-0.1, -0.05) is 60.7 Å². The largest absolute Gasteiger partial charge is 0.325 e. The van der Waals surface area contributed by atoms with Crippen molar-refractivity contribution in [2.75, 3.05) is 6.54 Å². The number of nitrogens with zero attached hydrogens (tertiary/aromatic N) is 1. The number of ketones is 1. The van der Waals surface area contributed by atoms with E-state index in [0.29, 0.717) is 5.56 Å². The molecule has 1 saturated heterocycles. The van der Waals surface area contributed by atoms with Gasteiger partial charge in [0.1, 0.15) is 5.54 Å². The third-order valence-corrected chi connectivity index (χ3v) is 6.34. The number of hydrogen-bond acceptors (Lipinski definition) is 3. The fourth-order valence-electron chi connectivity index (χ4n) is 4.62. The van der Waals surface area contributed by atoms with Crippen LogP contribution >= 0.6 is 0 Å². The van der Waals surface area contributed by atoms with Gasteiger partial charge in [0.25, 0.3) is 5.91 Å². The molecule has 0 aromatic heterocycles. The van der Waals surface area contributed by atoms with E-state index in [-0.39, 0.29) is 18.2 Å². The lowest BCUT2D eigenvalue weighted by Gasteiger charge is -2.23. The van der Waals surface area contributed by atoms with Crippen molar-refractivity contribution in [2.24, 2.45) is 0 Å². The predicted octanol–water partition coefficient (Wildman–Crippen LogP) is 3.98. The monoisotopic (exact) mass is 398 g/mol. The van der Waals surface area contributed by atoms with Gasteiger partial charge in [0, 0.05) is 5.56 Å². The van der Waals surface area contributed by atoms with E-state index in [9.17, 15) is 14.4 Å². The fraction of sp³-hybridized carbons (Fsp3) is 0.240. The molecule has 3 aromatic carbocycles. The van der Waals surface area contributed by atoms with E-state index in [4.69, 9.17) is 0 Å². The second kappa shape index (κ2) is 6.80. The number of benzene rings is 3. The van der Waals surface area contributed by atoms with Crippen molar-refractivity contribution in [3.05, 3.63) is 82.9 Å². The zero-order chi connectivity index (χ0) is 20.9. The highest BCUT2D eigenvalue weighted by Crippen LogP contribution is 2.33. The van der Waals surface area contributed by atoms with Gasteiger partial charge in [0.15, 0.2) is 5.78 Å². The number of aryl methyl sites for hydroxylation is 2. The first-order chi connectivity index (χ1) is 14.5. The number of imide groups is 1. The van der Waals surface area contributed by atoms with Gasteiger partial charge in [-0.15, -0.1) is 0 Å². The lowest BCUT2D eigenvalue weighted by atomic mass is 9.89. The third-order valence-electron chi connectivity index (χ3n) is 6.34. The van der Waals surface area contributed by atoms with E-state index < -0.39 is 11.6 Å². The zero-order valence-corrected chi connectivity index (χ0v) is 16.8. The first-order valence-electron chi connectivity index (χ1n) is 10.2. The Morgan fingerprint density at radius 2 is 1.77 bits per heavy atom. The molecule has 5 nitrogen and oxygen atoms in total. The molecule has 5 rings (SSSR count). The maximum Gasteiger partial charge on any atom is 0.325 e. The average Bonchev–Trinajstić information content (AvgIpc) is 3.31. The molecule has 0 unspecified atom stereocenters. The number of nitrogens with one attached hydrogen (secondary N) is 1. The minimum Gasteiger partial charge on any atom is -0.319 e.